The van der Waals surface area contributed by atoms with Crippen LogP contribution in [-0.4, -0.2) is 26.6 Å². The van der Waals surface area contributed by atoms with Crippen LogP contribution in [0.1, 0.15) is 5.56 Å². The van der Waals surface area contributed by atoms with Crippen molar-refractivity contribution in [1.29, 1.82) is 0 Å². The van der Waals surface area contributed by atoms with Crippen LogP contribution in [-0.2, 0) is 11.3 Å². The number of nitrogens with one attached hydrogen (secondary N) is 1. The van der Waals surface area contributed by atoms with Gasteiger partial charge in [-0.3, -0.25) is 0 Å². The standard InChI is InChI=1S/C11H13ClF3NO2/c1-16-5-8-4-9(12)2-3-10(8)18-7-17-6-11(13,14)15/h2-4,16H,5-7H2,1H3. The molecule has 1 aromatic carbocycles. The van der Waals surface area contributed by atoms with Gasteiger partial charge >= 0.3 is 6.18 Å². The molecular formula is C11H13ClF3NO2. The van der Waals surface area contributed by atoms with Crippen LogP contribution in [0, 0.1) is 0 Å². The Balaban J connectivity index is 2.51. The van der Waals surface area contributed by atoms with Crippen molar-refractivity contribution >= 4 is 11.6 Å². The van der Waals surface area contributed by atoms with Gasteiger partial charge in [-0.25, -0.2) is 0 Å². The molecule has 102 valence electrons. The predicted molar refractivity (Wildman–Crippen MR) is 61.7 cm³/mol. The monoisotopic (exact) mass is 283 g/mol. The third-order valence-electron chi connectivity index (χ3n) is 1.95. The van der Waals surface area contributed by atoms with Crippen molar-refractivity contribution < 1.29 is 22.6 Å². The fourth-order valence-corrected chi connectivity index (χ4v) is 1.47. The Morgan fingerprint density at radius 1 is 1.33 bits per heavy atom. The van der Waals surface area contributed by atoms with Gasteiger partial charge in [-0.2, -0.15) is 13.2 Å². The molecule has 1 N–H and O–H groups in total. The van der Waals surface area contributed by atoms with Gasteiger partial charge in [0.25, 0.3) is 0 Å². The Bertz CT molecular complexity index is 385. The highest BCUT2D eigenvalue weighted by atomic mass is 35.5. The Kier molecular flexibility index (Phi) is 5.71. The van der Waals surface area contributed by atoms with Crippen LogP contribution in [0.25, 0.3) is 0 Å². The molecule has 0 atom stereocenters. The van der Waals surface area contributed by atoms with E-state index in [-0.39, 0.29) is 0 Å². The normalized spacial score (nSPS) is 11.6. The minimum Gasteiger partial charge on any atom is -0.467 e. The summed E-state index contributed by atoms with van der Waals surface area (Å²) in [6.45, 7) is -1.30. The fraction of sp³-hybridized carbons (Fsp3) is 0.455. The molecule has 3 nitrogen and oxygen atoms in total. The lowest BCUT2D eigenvalue weighted by Gasteiger charge is -2.12. The molecule has 0 amide bonds. The van der Waals surface area contributed by atoms with Gasteiger partial charge in [0.1, 0.15) is 12.4 Å². The summed E-state index contributed by atoms with van der Waals surface area (Å²) in [7, 11) is 1.74. The number of ether oxygens (including phenoxy) is 2. The van der Waals surface area contributed by atoms with Crippen molar-refractivity contribution in [2.24, 2.45) is 0 Å². The average Bonchev–Trinajstić information content (AvgIpc) is 2.26. The zero-order valence-electron chi connectivity index (χ0n) is 9.68. The molecule has 0 saturated heterocycles. The molecule has 0 bridgehead atoms. The van der Waals surface area contributed by atoms with Gasteiger partial charge in [-0.15, -0.1) is 0 Å². The Labute approximate surface area is 108 Å². The van der Waals surface area contributed by atoms with Crippen LogP contribution in [0.5, 0.6) is 5.75 Å². The van der Waals surface area contributed by atoms with E-state index in [1.807, 2.05) is 0 Å². The number of hydrogen-bond acceptors (Lipinski definition) is 3. The molecule has 1 rings (SSSR count). The highest BCUT2D eigenvalue weighted by Crippen LogP contribution is 2.23. The van der Waals surface area contributed by atoms with Crippen LogP contribution < -0.4 is 10.1 Å². The first-order valence-electron chi connectivity index (χ1n) is 5.12. The van der Waals surface area contributed by atoms with E-state index in [1.165, 1.54) is 0 Å². The third kappa shape index (κ3) is 5.57. The molecule has 0 spiro atoms. The van der Waals surface area contributed by atoms with Crippen molar-refractivity contribution in [3.05, 3.63) is 28.8 Å². The number of rotatable bonds is 6. The summed E-state index contributed by atoms with van der Waals surface area (Å²) in [4.78, 5) is 0. The SMILES string of the molecule is CNCc1cc(Cl)ccc1OCOCC(F)(F)F. The first-order chi connectivity index (χ1) is 8.42. The molecule has 7 heteroatoms. The van der Waals surface area contributed by atoms with Crippen LogP contribution in [0.3, 0.4) is 0 Å². The van der Waals surface area contributed by atoms with Crippen molar-refractivity contribution in [2.75, 3.05) is 20.4 Å². The Hall–Kier alpha value is -0.980. The van der Waals surface area contributed by atoms with E-state index in [4.69, 9.17) is 16.3 Å². The molecule has 0 radical (unpaired) electrons. The maximum atomic E-state index is 11.8. The van der Waals surface area contributed by atoms with Gasteiger partial charge in [-0.1, -0.05) is 11.6 Å². The number of halogens is 4. The maximum absolute atomic E-state index is 11.8. The second-order valence-corrected chi connectivity index (χ2v) is 3.94. The highest BCUT2D eigenvalue weighted by molar-refractivity contribution is 6.30. The Morgan fingerprint density at radius 2 is 2.06 bits per heavy atom. The van der Waals surface area contributed by atoms with Crippen LogP contribution >= 0.6 is 11.6 Å². The summed E-state index contributed by atoms with van der Waals surface area (Å²) in [5.41, 5.74) is 0.751. The molecule has 1 aromatic rings. The van der Waals surface area contributed by atoms with Gasteiger partial charge in [-0.05, 0) is 25.2 Å². The van der Waals surface area contributed by atoms with Crippen LogP contribution in [0.15, 0.2) is 18.2 Å². The summed E-state index contributed by atoms with van der Waals surface area (Å²) in [5, 5.41) is 3.44. The summed E-state index contributed by atoms with van der Waals surface area (Å²) >= 11 is 5.81. The average molecular weight is 284 g/mol. The topological polar surface area (TPSA) is 30.5 Å². The lowest BCUT2D eigenvalue weighted by atomic mass is 10.2. The molecule has 18 heavy (non-hydrogen) atoms. The van der Waals surface area contributed by atoms with E-state index in [9.17, 15) is 13.2 Å². The second kappa shape index (κ2) is 6.82. The maximum Gasteiger partial charge on any atom is 0.411 e. The number of benzene rings is 1. The smallest absolute Gasteiger partial charge is 0.411 e. The molecule has 0 heterocycles. The molecule has 0 fully saturated rings. The molecule has 0 saturated carbocycles. The van der Waals surface area contributed by atoms with Crippen molar-refractivity contribution in [2.45, 2.75) is 12.7 Å². The van der Waals surface area contributed by atoms with Crippen molar-refractivity contribution in [1.82, 2.24) is 5.32 Å². The molecule has 0 aliphatic rings. The zero-order valence-corrected chi connectivity index (χ0v) is 10.4. The number of alkyl halides is 3. The fourth-order valence-electron chi connectivity index (χ4n) is 1.28. The zero-order chi connectivity index (χ0) is 13.6. The van der Waals surface area contributed by atoms with E-state index in [2.05, 4.69) is 10.1 Å². The third-order valence-corrected chi connectivity index (χ3v) is 2.19. The van der Waals surface area contributed by atoms with E-state index in [1.54, 1.807) is 25.2 Å². The summed E-state index contributed by atoms with van der Waals surface area (Å²) in [6, 6.07) is 4.86. The minimum absolute atomic E-state index is 0.441. The first-order valence-corrected chi connectivity index (χ1v) is 5.50. The molecule has 0 aliphatic heterocycles. The van der Waals surface area contributed by atoms with E-state index >= 15 is 0 Å². The van der Waals surface area contributed by atoms with Gasteiger partial charge in [0.2, 0.25) is 0 Å². The predicted octanol–water partition coefficient (Wildman–Crippen LogP) is 2.97. The summed E-state index contributed by atoms with van der Waals surface area (Å²) < 4.78 is 45.0. The lowest BCUT2D eigenvalue weighted by molar-refractivity contribution is -0.186. The highest BCUT2D eigenvalue weighted by Gasteiger charge is 2.27. The van der Waals surface area contributed by atoms with Crippen LogP contribution in [0.4, 0.5) is 13.2 Å². The summed E-state index contributed by atoms with van der Waals surface area (Å²) in [6.07, 6.45) is -4.35. The lowest BCUT2D eigenvalue weighted by Crippen LogP contribution is -2.19. The van der Waals surface area contributed by atoms with Gasteiger partial charge in [0.05, 0.1) is 0 Å². The molecule has 0 aromatic heterocycles. The molecule has 0 aliphatic carbocycles. The van der Waals surface area contributed by atoms with Crippen molar-refractivity contribution in [3.8, 4) is 5.75 Å². The van der Waals surface area contributed by atoms with E-state index in [0.717, 1.165) is 5.56 Å². The quantitative estimate of drug-likeness (QED) is 0.643. The first kappa shape index (κ1) is 15.1. The van der Waals surface area contributed by atoms with Gasteiger partial charge < -0.3 is 14.8 Å². The molecule has 0 unspecified atom stereocenters. The van der Waals surface area contributed by atoms with E-state index < -0.39 is 19.6 Å². The van der Waals surface area contributed by atoms with Gasteiger partial charge in [0, 0.05) is 17.1 Å². The Morgan fingerprint density at radius 3 is 2.67 bits per heavy atom. The number of hydrogen-bond donors (Lipinski definition) is 1. The molecular weight excluding hydrogens is 271 g/mol. The largest absolute Gasteiger partial charge is 0.467 e. The van der Waals surface area contributed by atoms with Crippen molar-refractivity contribution in [3.63, 3.8) is 0 Å². The summed E-state index contributed by atoms with van der Waals surface area (Å²) in [5.74, 6) is 0.441. The second-order valence-electron chi connectivity index (χ2n) is 3.51. The van der Waals surface area contributed by atoms with Crippen LogP contribution in [0.2, 0.25) is 5.02 Å². The van der Waals surface area contributed by atoms with E-state index in [0.29, 0.717) is 17.3 Å². The minimum atomic E-state index is -4.35. The van der Waals surface area contributed by atoms with Gasteiger partial charge in [0.15, 0.2) is 6.79 Å².